The van der Waals surface area contributed by atoms with E-state index in [1.807, 2.05) is 20.8 Å². The van der Waals surface area contributed by atoms with Gasteiger partial charge in [-0.25, -0.2) is 0 Å². The molecule has 0 aliphatic rings. The minimum atomic E-state index is -2.37. The van der Waals surface area contributed by atoms with Crippen LogP contribution in [0.2, 0.25) is 6.04 Å². The van der Waals surface area contributed by atoms with E-state index < -0.39 is 18.3 Å². The van der Waals surface area contributed by atoms with E-state index >= 15 is 0 Å². The van der Waals surface area contributed by atoms with Crippen molar-refractivity contribution in [3.63, 3.8) is 0 Å². The van der Waals surface area contributed by atoms with Crippen molar-refractivity contribution in [1.29, 1.82) is 0 Å². The third-order valence-corrected chi connectivity index (χ3v) is 6.93. The Balaban J connectivity index is 0. The van der Waals surface area contributed by atoms with Crippen molar-refractivity contribution in [1.82, 2.24) is 0 Å². The quantitative estimate of drug-likeness (QED) is 0.424. The largest absolute Gasteiger partial charge is 0.500 e. The molecule has 6 nitrogen and oxygen atoms in total. The monoisotopic (exact) mass is 360 g/mol. The van der Waals surface area contributed by atoms with E-state index in [1.165, 1.54) is 0 Å². The highest BCUT2D eigenvalue weighted by atomic mass is 32.1. The molecule has 0 atom stereocenters. The van der Waals surface area contributed by atoms with Crippen LogP contribution in [0.5, 0.6) is 0 Å². The zero-order valence-corrected chi connectivity index (χ0v) is 17.3. The summed E-state index contributed by atoms with van der Waals surface area (Å²) in [5.41, 5.74) is 0. The van der Waals surface area contributed by atoms with Gasteiger partial charge in [-0.2, -0.15) is 12.6 Å². The molecule has 0 aromatic rings. The fraction of sp³-hybridized carbons (Fsp3) is 1.00. The fourth-order valence-electron chi connectivity index (χ4n) is 1.59. The lowest BCUT2D eigenvalue weighted by atomic mass is 10.6. The van der Waals surface area contributed by atoms with Gasteiger partial charge in [0, 0.05) is 47.2 Å². The normalized spacial score (nSPS) is 11.4. The molecule has 0 radical (unpaired) electrons. The molecular formula is C12H32O6SSi2. The predicted octanol–water partition coefficient (Wildman–Crippen LogP) is 2.00. The number of thiol groups is 1. The summed E-state index contributed by atoms with van der Waals surface area (Å²) in [6.07, 6.45) is 0.981. The summed E-state index contributed by atoms with van der Waals surface area (Å²) in [7, 11) is 0.683. The molecule has 0 heterocycles. The van der Waals surface area contributed by atoms with Gasteiger partial charge in [0.25, 0.3) is 0 Å². The van der Waals surface area contributed by atoms with Crippen LogP contribution in [0.3, 0.4) is 0 Å². The number of rotatable bonds is 12. The minimum absolute atomic E-state index is 0.652. The molecule has 0 aliphatic carbocycles. The first kappa shape index (κ1) is 23.8. The first-order valence-electron chi connectivity index (χ1n) is 7.20. The third-order valence-electron chi connectivity index (χ3n) is 2.31. The summed E-state index contributed by atoms with van der Waals surface area (Å²) >= 11 is 4.19. The van der Waals surface area contributed by atoms with Crippen molar-refractivity contribution in [2.24, 2.45) is 0 Å². The van der Waals surface area contributed by atoms with E-state index in [2.05, 4.69) is 12.6 Å². The van der Waals surface area contributed by atoms with Crippen molar-refractivity contribution in [3.8, 4) is 0 Å². The predicted molar refractivity (Wildman–Crippen MR) is 92.1 cm³/mol. The molecule has 0 bridgehead atoms. The van der Waals surface area contributed by atoms with Crippen molar-refractivity contribution in [2.75, 3.05) is 46.9 Å². The molecular weight excluding hydrogens is 328 g/mol. The Morgan fingerprint density at radius 1 is 0.810 bits per heavy atom. The van der Waals surface area contributed by atoms with Crippen LogP contribution in [0.15, 0.2) is 0 Å². The summed E-state index contributed by atoms with van der Waals surface area (Å²) in [6, 6.07) is 0.867. The first-order valence-corrected chi connectivity index (χ1v) is 11.2. The van der Waals surface area contributed by atoms with Gasteiger partial charge in [-0.05, 0) is 32.9 Å². The zero-order valence-electron chi connectivity index (χ0n) is 14.2. The van der Waals surface area contributed by atoms with E-state index in [0.717, 1.165) is 18.2 Å². The van der Waals surface area contributed by atoms with Crippen molar-refractivity contribution in [2.45, 2.75) is 33.2 Å². The van der Waals surface area contributed by atoms with Gasteiger partial charge in [0.1, 0.15) is 0 Å². The molecule has 0 unspecified atom stereocenters. The average molecular weight is 361 g/mol. The smallest absolute Gasteiger partial charge is 0.379 e. The van der Waals surface area contributed by atoms with Crippen LogP contribution in [0.1, 0.15) is 27.2 Å². The lowest BCUT2D eigenvalue weighted by molar-refractivity contribution is 0.0712. The molecule has 0 N–H and O–H groups in total. The van der Waals surface area contributed by atoms with Crippen LogP contribution < -0.4 is 0 Å². The van der Waals surface area contributed by atoms with Gasteiger partial charge in [0.2, 0.25) is 0 Å². The second-order valence-corrected chi connectivity index (χ2v) is 8.98. The SMILES string of the molecule is CCO[Si](CCCS)(OCC)OCC.CO[SiH](OC)OC. The summed E-state index contributed by atoms with van der Waals surface area (Å²) in [4.78, 5) is 0. The standard InChI is InChI=1S/C9H22O3SSi.C3H10O3Si/c1-4-10-14(11-5-2,12-6-3)9-7-8-13;1-4-7(5-2)6-3/h13H,4-9H2,1-3H3;7H,1-3H3. The highest BCUT2D eigenvalue weighted by Crippen LogP contribution is 2.18. The van der Waals surface area contributed by atoms with E-state index in [0.29, 0.717) is 19.8 Å². The van der Waals surface area contributed by atoms with Crippen LogP contribution in [0.4, 0.5) is 0 Å². The second-order valence-electron chi connectivity index (χ2n) is 3.80. The van der Waals surface area contributed by atoms with Gasteiger partial charge in [-0.3, -0.25) is 0 Å². The highest BCUT2D eigenvalue weighted by Gasteiger charge is 2.39. The Labute approximate surface area is 138 Å². The van der Waals surface area contributed by atoms with Gasteiger partial charge in [0.05, 0.1) is 0 Å². The van der Waals surface area contributed by atoms with Crippen LogP contribution in [0.25, 0.3) is 0 Å². The second kappa shape index (κ2) is 16.9. The molecule has 21 heavy (non-hydrogen) atoms. The van der Waals surface area contributed by atoms with Crippen LogP contribution in [0, 0.1) is 0 Å². The van der Waals surface area contributed by atoms with E-state index in [4.69, 9.17) is 26.6 Å². The Kier molecular flexibility index (Phi) is 19.2. The minimum Gasteiger partial charge on any atom is -0.379 e. The highest BCUT2D eigenvalue weighted by molar-refractivity contribution is 7.80. The summed E-state index contributed by atoms with van der Waals surface area (Å²) in [6.45, 7) is 7.87. The Morgan fingerprint density at radius 2 is 1.19 bits per heavy atom. The molecule has 0 amide bonds. The van der Waals surface area contributed by atoms with Crippen molar-refractivity contribution >= 4 is 31.0 Å². The molecule has 0 aliphatic heterocycles. The van der Waals surface area contributed by atoms with Gasteiger partial charge in [-0.1, -0.05) is 0 Å². The van der Waals surface area contributed by atoms with Gasteiger partial charge in [0.15, 0.2) is 0 Å². The fourth-order valence-corrected chi connectivity index (χ4v) is 5.23. The number of hydrogen-bond acceptors (Lipinski definition) is 7. The van der Waals surface area contributed by atoms with Crippen molar-refractivity contribution in [3.05, 3.63) is 0 Å². The molecule has 0 aromatic heterocycles. The molecule has 0 saturated carbocycles. The van der Waals surface area contributed by atoms with Crippen LogP contribution >= 0.6 is 12.6 Å². The first-order chi connectivity index (χ1) is 10.1. The Morgan fingerprint density at radius 3 is 1.38 bits per heavy atom. The maximum Gasteiger partial charge on any atom is 0.500 e. The maximum atomic E-state index is 5.67. The Bertz CT molecular complexity index is 188. The van der Waals surface area contributed by atoms with Crippen molar-refractivity contribution < 1.29 is 26.6 Å². The topological polar surface area (TPSA) is 55.4 Å². The molecule has 0 aromatic carbocycles. The number of hydrogen-bond donors (Lipinski definition) is 1. The molecule has 0 rings (SSSR count). The van der Waals surface area contributed by atoms with E-state index in [-0.39, 0.29) is 0 Å². The van der Waals surface area contributed by atoms with Crippen LogP contribution in [-0.2, 0) is 26.6 Å². The molecule has 0 spiro atoms. The zero-order chi connectivity index (χ0) is 16.6. The van der Waals surface area contributed by atoms with Gasteiger partial charge >= 0.3 is 18.3 Å². The third kappa shape index (κ3) is 12.7. The summed E-state index contributed by atoms with van der Waals surface area (Å²) < 4.78 is 31.2. The van der Waals surface area contributed by atoms with Gasteiger partial charge < -0.3 is 26.6 Å². The van der Waals surface area contributed by atoms with E-state index in [1.54, 1.807) is 21.3 Å². The Hall–Kier alpha value is 0.544. The molecule has 130 valence electrons. The molecule has 0 saturated heterocycles. The maximum absolute atomic E-state index is 5.67. The van der Waals surface area contributed by atoms with Gasteiger partial charge in [-0.15, -0.1) is 0 Å². The lowest BCUT2D eigenvalue weighted by Gasteiger charge is -2.28. The van der Waals surface area contributed by atoms with E-state index in [9.17, 15) is 0 Å². The average Bonchev–Trinajstić information content (AvgIpc) is 2.48. The molecule has 0 fully saturated rings. The summed E-state index contributed by atoms with van der Waals surface area (Å²) in [5, 5.41) is 0. The lowest BCUT2D eigenvalue weighted by Crippen LogP contribution is -2.46. The summed E-state index contributed by atoms with van der Waals surface area (Å²) in [5.74, 6) is 0.849. The van der Waals surface area contributed by atoms with Crippen LogP contribution in [-0.4, -0.2) is 65.2 Å². The molecule has 9 heteroatoms.